The summed E-state index contributed by atoms with van der Waals surface area (Å²) >= 11 is 0. The Bertz CT molecular complexity index is 567. The minimum Gasteiger partial charge on any atom is -0.508 e. The van der Waals surface area contributed by atoms with Crippen molar-refractivity contribution in [1.29, 1.82) is 0 Å². The first-order valence-corrected chi connectivity index (χ1v) is 7.35. The average molecular weight is 285 g/mol. The highest BCUT2D eigenvalue weighted by Gasteiger charge is 2.13. The number of phenolic OH excluding ortho intramolecular Hbond substituents is 2. The maximum atomic E-state index is 9.86. The SMILES string of the molecule is CC(C)CC(NCc1ccc(O)cc1O)c1ccccc1. The van der Waals surface area contributed by atoms with Gasteiger partial charge in [-0.15, -0.1) is 0 Å². The zero-order valence-electron chi connectivity index (χ0n) is 12.6. The molecule has 0 heterocycles. The fourth-order valence-corrected chi connectivity index (χ4v) is 2.43. The number of aromatic hydroxyl groups is 2. The molecule has 0 spiro atoms. The molecule has 1 unspecified atom stereocenters. The second kappa shape index (κ2) is 7.14. The van der Waals surface area contributed by atoms with Gasteiger partial charge in [0.1, 0.15) is 11.5 Å². The first-order chi connectivity index (χ1) is 10.1. The molecule has 0 aliphatic heterocycles. The highest BCUT2D eigenvalue weighted by atomic mass is 16.3. The molecule has 0 saturated heterocycles. The number of nitrogens with one attached hydrogen (secondary N) is 1. The Balaban J connectivity index is 2.09. The van der Waals surface area contributed by atoms with E-state index < -0.39 is 0 Å². The smallest absolute Gasteiger partial charge is 0.123 e. The molecule has 0 aliphatic carbocycles. The van der Waals surface area contributed by atoms with Gasteiger partial charge in [0.05, 0.1) is 0 Å². The molecule has 0 aliphatic rings. The molecule has 21 heavy (non-hydrogen) atoms. The summed E-state index contributed by atoms with van der Waals surface area (Å²) in [5.41, 5.74) is 2.04. The summed E-state index contributed by atoms with van der Waals surface area (Å²) in [6.45, 7) is 4.98. The van der Waals surface area contributed by atoms with Gasteiger partial charge in [0.15, 0.2) is 0 Å². The molecule has 0 aromatic heterocycles. The topological polar surface area (TPSA) is 52.5 Å². The van der Waals surface area contributed by atoms with Gasteiger partial charge in [0.2, 0.25) is 0 Å². The van der Waals surface area contributed by atoms with Crippen molar-refractivity contribution in [2.45, 2.75) is 32.9 Å². The van der Waals surface area contributed by atoms with Crippen LogP contribution in [0, 0.1) is 5.92 Å². The zero-order chi connectivity index (χ0) is 15.2. The highest BCUT2D eigenvalue weighted by Crippen LogP contribution is 2.25. The minimum atomic E-state index is 0.0815. The van der Waals surface area contributed by atoms with E-state index in [0.717, 1.165) is 12.0 Å². The quantitative estimate of drug-likeness (QED) is 0.752. The number of hydrogen-bond acceptors (Lipinski definition) is 3. The lowest BCUT2D eigenvalue weighted by Crippen LogP contribution is -2.22. The second-order valence-corrected chi connectivity index (χ2v) is 5.79. The standard InChI is InChI=1S/C18H23NO2/c1-13(2)10-17(14-6-4-3-5-7-14)19-12-15-8-9-16(20)11-18(15)21/h3-9,11,13,17,19-21H,10,12H2,1-2H3. The third-order valence-corrected chi connectivity index (χ3v) is 3.52. The van der Waals surface area contributed by atoms with Gasteiger partial charge in [-0.1, -0.05) is 50.2 Å². The summed E-state index contributed by atoms with van der Waals surface area (Å²) in [7, 11) is 0. The molecule has 2 aromatic carbocycles. The Hall–Kier alpha value is -2.00. The molecule has 0 saturated carbocycles. The van der Waals surface area contributed by atoms with E-state index >= 15 is 0 Å². The lowest BCUT2D eigenvalue weighted by molar-refractivity contribution is 0.415. The molecule has 3 heteroatoms. The zero-order valence-corrected chi connectivity index (χ0v) is 12.6. The summed E-state index contributed by atoms with van der Waals surface area (Å²) in [5, 5.41) is 22.7. The molecule has 3 N–H and O–H groups in total. The van der Waals surface area contributed by atoms with Crippen molar-refractivity contribution in [3.63, 3.8) is 0 Å². The van der Waals surface area contributed by atoms with E-state index in [1.165, 1.54) is 11.6 Å². The number of benzene rings is 2. The van der Waals surface area contributed by atoms with E-state index in [1.54, 1.807) is 12.1 Å². The van der Waals surface area contributed by atoms with Crippen LogP contribution < -0.4 is 5.32 Å². The molecule has 3 nitrogen and oxygen atoms in total. The Labute approximate surface area is 126 Å². The van der Waals surface area contributed by atoms with Crippen LogP contribution in [0.5, 0.6) is 11.5 Å². The summed E-state index contributed by atoms with van der Waals surface area (Å²) in [6.07, 6.45) is 1.03. The monoisotopic (exact) mass is 285 g/mol. The van der Waals surface area contributed by atoms with Crippen LogP contribution in [0.3, 0.4) is 0 Å². The van der Waals surface area contributed by atoms with Crippen molar-refractivity contribution in [2.75, 3.05) is 0 Å². The Morgan fingerprint density at radius 2 is 1.71 bits per heavy atom. The Kier molecular flexibility index (Phi) is 5.23. The van der Waals surface area contributed by atoms with E-state index in [4.69, 9.17) is 0 Å². The summed E-state index contributed by atoms with van der Waals surface area (Å²) in [5.74, 6) is 0.785. The van der Waals surface area contributed by atoms with Crippen LogP contribution in [0.1, 0.15) is 37.4 Å². The molecule has 0 bridgehead atoms. The van der Waals surface area contributed by atoms with Crippen LogP contribution in [0.15, 0.2) is 48.5 Å². The molecule has 2 rings (SSSR count). The van der Waals surface area contributed by atoms with E-state index in [9.17, 15) is 10.2 Å². The molecule has 0 amide bonds. The van der Waals surface area contributed by atoms with Gasteiger partial charge in [-0.3, -0.25) is 0 Å². The number of phenols is 2. The third kappa shape index (κ3) is 4.50. The fourth-order valence-electron chi connectivity index (χ4n) is 2.43. The van der Waals surface area contributed by atoms with Crippen molar-refractivity contribution in [3.05, 3.63) is 59.7 Å². The summed E-state index contributed by atoms with van der Waals surface area (Å²) in [6, 6.07) is 15.3. The van der Waals surface area contributed by atoms with Crippen LogP contribution >= 0.6 is 0 Å². The van der Waals surface area contributed by atoms with Crippen molar-refractivity contribution in [3.8, 4) is 11.5 Å². The average Bonchev–Trinajstić information content (AvgIpc) is 2.45. The van der Waals surface area contributed by atoms with Crippen LogP contribution in [0.4, 0.5) is 0 Å². The molecule has 0 radical (unpaired) electrons. The van der Waals surface area contributed by atoms with E-state index in [-0.39, 0.29) is 17.5 Å². The van der Waals surface area contributed by atoms with E-state index in [2.05, 4.69) is 31.3 Å². The first-order valence-electron chi connectivity index (χ1n) is 7.35. The van der Waals surface area contributed by atoms with Crippen LogP contribution in [0.25, 0.3) is 0 Å². The number of hydrogen-bond donors (Lipinski definition) is 3. The molecule has 2 aromatic rings. The molecule has 112 valence electrons. The molecule has 0 fully saturated rings. The van der Waals surface area contributed by atoms with Gasteiger partial charge in [0.25, 0.3) is 0 Å². The van der Waals surface area contributed by atoms with Gasteiger partial charge < -0.3 is 15.5 Å². The van der Waals surface area contributed by atoms with Gasteiger partial charge in [-0.2, -0.15) is 0 Å². The largest absolute Gasteiger partial charge is 0.508 e. The lowest BCUT2D eigenvalue weighted by atomic mass is 9.96. The predicted octanol–water partition coefficient (Wildman–Crippen LogP) is 3.97. The maximum absolute atomic E-state index is 9.86. The van der Waals surface area contributed by atoms with Crippen LogP contribution in [0.2, 0.25) is 0 Å². The third-order valence-electron chi connectivity index (χ3n) is 3.52. The van der Waals surface area contributed by atoms with Crippen LogP contribution in [-0.4, -0.2) is 10.2 Å². The normalized spacial score (nSPS) is 12.5. The molecular formula is C18H23NO2. The van der Waals surface area contributed by atoms with Crippen molar-refractivity contribution in [2.24, 2.45) is 5.92 Å². The van der Waals surface area contributed by atoms with E-state index in [1.807, 2.05) is 18.2 Å². The lowest BCUT2D eigenvalue weighted by Gasteiger charge is -2.21. The second-order valence-electron chi connectivity index (χ2n) is 5.79. The predicted molar refractivity (Wildman–Crippen MR) is 85.2 cm³/mol. The van der Waals surface area contributed by atoms with Gasteiger partial charge in [-0.05, 0) is 24.0 Å². The van der Waals surface area contributed by atoms with Crippen LogP contribution in [-0.2, 0) is 6.54 Å². The fraction of sp³-hybridized carbons (Fsp3) is 0.333. The maximum Gasteiger partial charge on any atom is 0.123 e. The Morgan fingerprint density at radius 1 is 1.00 bits per heavy atom. The van der Waals surface area contributed by atoms with Crippen molar-refractivity contribution in [1.82, 2.24) is 5.32 Å². The first kappa shape index (κ1) is 15.4. The van der Waals surface area contributed by atoms with Crippen molar-refractivity contribution < 1.29 is 10.2 Å². The Morgan fingerprint density at radius 3 is 2.33 bits per heavy atom. The van der Waals surface area contributed by atoms with Gasteiger partial charge >= 0.3 is 0 Å². The summed E-state index contributed by atoms with van der Waals surface area (Å²) < 4.78 is 0. The highest BCUT2D eigenvalue weighted by molar-refractivity contribution is 5.38. The van der Waals surface area contributed by atoms with Gasteiger partial charge in [0, 0.05) is 24.2 Å². The van der Waals surface area contributed by atoms with E-state index in [0.29, 0.717) is 12.5 Å². The minimum absolute atomic E-state index is 0.0815. The van der Waals surface area contributed by atoms with Gasteiger partial charge in [-0.25, -0.2) is 0 Å². The van der Waals surface area contributed by atoms with Crippen molar-refractivity contribution >= 4 is 0 Å². The summed E-state index contributed by atoms with van der Waals surface area (Å²) in [4.78, 5) is 0. The molecular weight excluding hydrogens is 262 g/mol. The number of rotatable bonds is 6. The molecule has 1 atom stereocenters.